The monoisotopic (exact) mass is 237 g/mol. The number of nitro groups is 1. The summed E-state index contributed by atoms with van der Waals surface area (Å²) in [6, 6.07) is 1.81. The molecule has 0 aliphatic heterocycles. The first kappa shape index (κ1) is 13.6. The maximum Gasteiger partial charge on any atom is 0.290 e. The van der Waals surface area contributed by atoms with Crippen LogP contribution < -0.4 is 5.73 Å². The van der Waals surface area contributed by atoms with Gasteiger partial charge in [0.15, 0.2) is 0 Å². The Morgan fingerprint density at radius 2 is 2.18 bits per heavy atom. The van der Waals surface area contributed by atoms with E-state index in [2.05, 4.69) is 18.8 Å². The van der Waals surface area contributed by atoms with Crippen molar-refractivity contribution < 1.29 is 4.92 Å². The van der Waals surface area contributed by atoms with Gasteiger partial charge in [0.1, 0.15) is 6.20 Å². The summed E-state index contributed by atoms with van der Waals surface area (Å²) in [5.41, 5.74) is 7.50. The van der Waals surface area contributed by atoms with Crippen LogP contribution in [0.25, 0.3) is 0 Å². The van der Waals surface area contributed by atoms with Crippen molar-refractivity contribution in [3.63, 3.8) is 0 Å². The van der Waals surface area contributed by atoms with Crippen molar-refractivity contribution >= 4 is 5.69 Å². The van der Waals surface area contributed by atoms with Crippen LogP contribution in [-0.2, 0) is 6.42 Å². The Bertz CT molecular complexity index is 405. The molecule has 0 aromatic carbocycles. The highest BCUT2D eigenvalue weighted by Crippen LogP contribution is 2.17. The van der Waals surface area contributed by atoms with E-state index in [0.29, 0.717) is 17.9 Å². The lowest BCUT2D eigenvalue weighted by atomic mass is 10.00. The molecular formula is C12H19N3O2. The molecule has 2 N–H and O–H groups in total. The van der Waals surface area contributed by atoms with E-state index in [1.54, 1.807) is 13.0 Å². The first-order chi connectivity index (χ1) is 7.90. The van der Waals surface area contributed by atoms with Gasteiger partial charge in [-0.2, -0.15) is 0 Å². The first-order valence-electron chi connectivity index (χ1n) is 5.75. The third-order valence-electron chi connectivity index (χ3n) is 2.58. The normalized spacial score (nSPS) is 12.8. The SMILES string of the molecule is Cc1cc(CC(N)CC(C)C)ncc1[N+](=O)[O-]. The Morgan fingerprint density at radius 3 is 2.65 bits per heavy atom. The number of rotatable bonds is 5. The number of aryl methyl sites for hydroxylation is 1. The van der Waals surface area contributed by atoms with Crippen LogP contribution in [0.5, 0.6) is 0 Å². The van der Waals surface area contributed by atoms with Crippen LogP contribution in [0, 0.1) is 23.0 Å². The zero-order valence-corrected chi connectivity index (χ0v) is 10.5. The highest BCUT2D eigenvalue weighted by atomic mass is 16.6. The topological polar surface area (TPSA) is 82.0 Å². The zero-order chi connectivity index (χ0) is 13.0. The molecule has 94 valence electrons. The van der Waals surface area contributed by atoms with Gasteiger partial charge < -0.3 is 5.73 Å². The summed E-state index contributed by atoms with van der Waals surface area (Å²) in [5.74, 6) is 0.546. The fourth-order valence-electron chi connectivity index (χ4n) is 1.87. The molecule has 0 saturated heterocycles. The van der Waals surface area contributed by atoms with Gasteiger partial charge in [0, 0.05) is 23.7 Å². The average Bonchev–Trinajstić information content (AvgIpc) is 2.15. The predicted octanol–water partition coefficient (Wildman–Crippen LogP) is 2.21. The molecule has 1 aromatic heterocycles. The summed E-state index contributed by atoms with van der Waals surface area (Å²) in [4.78, 5) is 14.3. The Labute approximate surface area is 101 Å². The minimum atomic E-state index is -0.417. The molecule has 1 rings (SSSR count). The molecule has 0 aliphatic rings. The number of pyridine rings is 1. The molecule has 0 saturated carbocycles. The zero-order valence-electron chi connectivity index (χ0n) is 10.5. The van der Waals surface area contributed by atoms with Gasteiger partial charge in [-0.15, -0.1) is 0 Å². The number of nitrogens with zero attached hydrogens (tertiary/aromatic N) is 2. The van der Waals surface area contributed by atoms with E-state index in [4.69, 9.17) is 5.73 Å². The molecule has 5 heteroatoms. The molecule has 0 aliphatic carbocycles. The summed E-state index contributed by atoms with van der Waals surface area (Å²) >= 11 is 0. The minimum absolute atomic E-state index is 0.0587. The number of hydrogen-bond acceptors (Lipinski definition) is 4. The van der Waals surface area contributed by atoms with Gasteiger partial charge in [0.25, 0.3) is 5.69 Å². The number of hydrogen-bond donors (Lipinski definition) is 1. The summed E-state index contributed by atoms with van der Waals surface area (Å²) < 4.78 is 0. The third-order valence-corrected chi connectivity index (χ3v) is 2.58. The highest BCUT2D eigenvalue weighted by Gasteiger charge is 2.13. The van der Waals surface area contributed by atoms with E-state index in [0.717, 1.165) is 12.1 Å². The van der Waals surface area contributed by atoms with E-state index < -0.39 is 4.92 Å². The van der Waals surface area contributed by atoms with Gasteiger partial charge >= 0.3 is 0 Å². The Hall–Kier alpha value is -1.49. The molecule has 0 fully saturated rings. The van der Waals surface area contributed by atoms with E-state index in [9.17, 15) is 10.1 Å². The lowest BCUT2D eigenvalue weighted by Crippen LogP contribution is -2.25. The highest BCUT2D eigenvalue weighted by molar-refractivity contribution is 5.37. The van der Waals surface area contributed by atoms with Crippen molar-refractivity contribution in [1.29, 1.82) is 0 Å². The largest absolute Gasteiger partial charge is 0.327 e. The summed E-state index contributed by atoms with van der Waals surface area (Å²) in [5, 5.41) is 10.6. The van der Waals surface area contributed by atoms with Crippen molar-refractivity contribution in [2.24, 2.45) is 11.7 Å². The Kier molecular flexibility index (Phi) is 4.57. The van der Waals surface area contributed by atoms with Crippen LogP contribution >= 0.6 is 0 Å². The van der Waals surface area contributed by atoms with Gasteiger partial charge in [-0.25, -0.2) is 0 Å². The molecular weight excluding hydrogens is 218 g/mol. The van der Waals surface area contributed by atoms with Crippen molar-refractivity contribution in [1.82, 2.24) is 4.98 Å². The molecule has 1 aromatic rings. The standard InChI is InChI=1S/C12H19N3O2/c1-8(2)4-10(13)6-11-5-9(3)12(7-14-11)15(16)17/h5,7-8,10H,4,6,13H2,1-3H3. The molecule has 1 unspecified atom stereocenters. The molecule has 1 heterocycles. The van der Waals surface area contributed by atoms with E-state index in [1.165, 1.54) is 6.20 Å². The molecule has 0 spiro atoms. The fourth-order valence-corrected chi connectivity index (χ4v) is 1.87. The van der Waals surface area contributed by atoms with Gasteiger partial charge in [0.05, 0.1) is 4.92 Å². The second kappa shape index (κ2) is 5.72. The van der Waals surface area contributed by atoms with Crippen LogP contribution in [0.3, 0.4) is 0 Å². The van der Waals surface area contributed by atoms with Gasteiger partial charge in [-0.3, -0.25) is 15.1 Å². The Balaban J connectivity index is 2.74. The molecule has 0 radical (unpaired) electrons. The fraction of sp³-hybridized carbons (Fsp3) is 0.583. The van der Waals surface area contributed by atoms with E-state index in [1.807, 2.05) is 0 Å². The molecule has 0 bridgehead atoms. The average molecular weight is 237 g/mol. The van der Waals surface area contributed by atoms with Crippen molar-refractivity contribution in [2.75, 3.05) is 0 Å². The second-order valence-corrected chi connectivity index (χ2v) is 4.81. The van der Waals surface area contributed by atoms with Crippen LogP contribution in [-0.4, -0.2) is 15.9 Å². The maximum atomic E-state index is 10.6. The van der Waals surface area contributed by atoms with Gasteiger partial charge in [0.2, 0.25) is 0 Å². The van der Waals surface area contributed by atoms with Gasteiger partial charge in [-0.1, -0.05) is 13.8 Å². The first-order valence-corrected chi connectivity index (χ1v) is 5.75. The lowest BCUT2D eigenvalue weighted by Gasteiger charge is -2.13. The lowest BCUT2D eigenvalue weighted by molar-refractivity contribution is -0.385. The molecule has 17 heavy (non-hydrogen) atoms. The third kappa shape index (κ3) is 4.11. The molecule has 1 atom stereocenters. The van der Waals surface area contributed by atoms with Gasteiger partial charge in [-0.05, 0) is 25.3 Å². The minimum Gasteiger partial charge on any atom is -0.327 e. The maximum absolute atomic E-state index is 10.6. The molecule has 0 amide bonds. The quantitative estimate of drug-likeness (QED) is 0.628. The smallest absolute Gasteiger partial charge is 0.290 e. The Morgan fingerprint density at radius 1 is 1.53 bits per heavy atom. The second-order valence-electron chi connectivity index (χ2n) is 4.81. The van der Waals surface area contributed by atoms with Crippen LogP contribution in [0.15, 0.2) is 12.3 Å². The van der Waals surface area contributed by atoms with Crippen molar-refractivity contribution in [3.8, 4) is 0 Å². The molecule has 5 nitrogen and oxygen atoms in total. The van der Waals surface area contributed by atoms with Crippen LogP contribution in [0.1, 0.15) is 31.5 Å². The van der Waals surface area contributed by atoms with Crippen LogP contribution in [0.2, 0.25) is 0 Å². The summed E-state index contributed by atoms with van der Waals surface area (Å²) in [6.45, 7) is 5.96. The number of aromatic nitrogens is 1. The summed E-state index contributed by atoms with van der Waals surface area (Å²) in [6.07, 6.45) is 2.90. The van der Waals surface area contributed by atoms with Crippen molar-refractivity contribution in [2.45, 2.75) is 39.7 Å². The summed E-state index contributed by atoms with van der Waals surface area (Å²) in [7, 11) is 0. The number of nitrogens with two attached hydrogens (primary N) is 1. The van der Waals surface area contributed by atoms with E-state index >= 15 is 0 Å². The van der Waals surface area contributed by atoms with E-state index in [-0.39, 0.29) is 11.7 Å². The van der Waals surface area contributed by atoms with Crippen molar-refractivity contribution in [3.05, 3.63) is 33.6 Å². The predicted molar refractivity (Wildman–Crippen MR) is 66.8 cm³/mol. The van der Waals surface area contributed by atoms with Crippen LogP contribution in [0.4, 0.5) is 5.69 Å².